The first-order chi connectivity index (χ1) is 12.4. The first-order valence-corrected chi connectivity index (χ1v) is 10.7. The van der Waals surface area contributed by atoms with Crippen LogP contribution in [0.3, 0.4) is 0 Å². The molecular weight excluding hydrogens is 417 g/mol. The summed E-state index contributed by atoms with van der Waals surface area (Å²) in [5.41, 5.74) is 2.05. The van der Waals surface area contributed by atoms with Gasteiger partial charge in [-0.15, -0.1) is 11.3 Å². The molecule has 1 aromatic carbocycles. The van der Waals surface area contributed by atoms with Crippen LogP contribution in [0.2, 0.25) is 8.67 Å². The molecule has 0 atom stereocenters. The number of para-hydroxylation sites is 2. The van der Waals surface area contributed by atoms with E-state index in [0.29, 0.717) is 10.8 Å². The van der Waals surface area contributed by atoms with Crippen LogP contribution in [0.4, 0.5) is 0 Å². The number of aromatic amines is 1. The molecule has 0 unspecified atom stereocenters. The molecule has 26 heavy (non-hydrogen) atoms. The van der Waals surface area contributed by atoms with E-state index in [1.54, 1.807) is 10.6 Å². The number of hydrogen-bond donors (Lipinski definition) is 1. The number of H-pyrrole nitrogens is 1. The molecule has 0 spiro atoms. The molecule has 0 amide bonds. The Bertz CT molecular complexity index is 1190. The number of thiophene rings is 1. The molecule has 3 heterocycles. The van der Waals surface area contributed by atoms with Gasteiger partial charge in [0.05, 0.1) is 15.4 Å². The average Bonchev–Trinajstić information content (AvgIpc) is 3.13. The van der Waals surface area contributed by atoms with Crippen molar-refractivity contribution in [2.75, 3.05) is 13.1 Å². The van der Waals surface area contributed by atoms with Crippen molar-refractivity contribution in [3.63, 3.8) is 0 Å². The second-order valence-electron chi connectivity index (χ2n) is 5.78. The fourth-order valence-electron chi connectivity index (χ4n) is 3.04. The van der Waals surface area contributed by atoms with Crippen molar-refractivity contribution >= 4 is 61.3 Å². The molecule has 0 saturated carbocycles. The monoisotopic (exact) mass is 429 g/mol. The average molecular weight is 430 g/mol. The van der Waals surface area contributed by atoms with E-state index in [1.807, 2.05) is 24.3 Å². The number of aromatic nitrogens is 2. The molecule has 4 rings (SSSR count). The lowest BCUT2D eigenvalue weighted by Crippen LogP contribution is -2.36. The van der Waals surface area contributed by atoms with Crippen LogP contribution in [0.5, 0.6) is 0 Å². The Morgan fingerprint density at radius 2 is 1.96 bits per heavy atom. The zero-order valence-corrected chi connectivity index (χ0v) is 16.4. The van der Waals surface area contributed by atoms with E-state index in [9.17, 15) is 13.2 Å². The normalized spacial score (nSPS) is 16.2. The Hall–Kier alpha value is -1.58. The van der Waals surface area contributed by atoms with Crippen LogP contribution in [-0.4, -0.2) is 35.4 Å². The number of nitrogens with one attached hydrogen (secondary N) is 1. The molecule has 6 nitrogen and oxygen atoms in total. The Kier molecular flexibility index (Phi) is 4.48. The summed E-state index contributed by atoms with van der Waals surface area (Å²) in [4.78, 5) is 15.1. The maximum Gasteiger partial charge on any atom is 0.330 e. The van der Waals surface area contributed by atoms with Crippen LogP contribution in [0.1, 0.15) is 6.42 Å². The van der Waals surface area contributed by atoms with Crippen molar-refractivity contribution < 1.29 is 8.42 Å². The van der Waals surface area contributed by atoms with Crippen molar-refractivity contribution in [3.8, 4) is 0 Å². The van der Waals surface area contributed by atoms with Gasteiger partial charge in [-0.25, -0.2) is 13.2 Å². The summed E-state index contributed by atoms with van der Waals surface area (Å²) >= 11 is 12.9. The summed E-state index contributed by atoms with van der Waals surface area (Å²) in [6, 6.07) is 8.75. The third kappa shape index (κ3) is 2.91. The zero-order valence-electron chi connectivity index (χ0n) is 13.3. The number of hydrogen-bond acceptors (Lipinski definition) is 4. The molecule has 2 aromatic heterocycles. The van der Waals surface area contributed by atoms with Gasteiger partial charge >= 0.3 is 5.69 Å². The topological polar surface area (TPSA) is 75.2 Å². The number of benzene rings is 1. The molecule has 1 aliphatic heterocycles. The van der Waals surface area contributed by atoms with Gasteiger partial charge in [0.25, 0.3) is 0 Å². The van der Waals surface area contributed by atoms with E-state index in [-0.39, 0.29) is 28.0 Å². The minimum atomic E-state index is -3.73. The quantitative estimate of drug-likeness (QED) is 0.690. The minimum Gasteiger partial charge on any atom is -0.305 e. The van der Waals surface area contributed by atoms with E-state index in [1.165, 1.54) is 10.4 Å². The highest BCUT2D eigenvalue weighted by atomic mass is 35.5. The highest BCUT2D eigenvalue weighted by Gasteiger charge is 2.30. The Morgan fingerprint density at radius 3 is 2.62 bits per heavy atom. The first kappa shape index (κ1) is 17.8. The number of imidazole rings is 1. The van der Waals surface area contributed by atoms with Gasteiger partial charge < -0.3 is 4.98 Å². The highest BCUT2D eigenvalue weighted by Crippen LogP contribution is 2.36. The molecule has 3 aromatic rings. The predicted octanol–water partition coefficient (Wildman–Crippen LogP) is 3.63. The number of rotatable bonds is 3. The lowest BCUT2D eigenvalue weighted by molar-refractivity contribution is 0.438. The predicted molar refractivity (Wildman–Crippen MR) is 105 cm³/mol. The highest BCUT2D eigenvalue weighted by molar-refractivity contribution is 7.89. The first-order valence-electron chi connectivity index (χ1n) is 7.72. The molecule has 0 radical (unpaired) electrons. The molecule has 1 aliphatic rings. The number of halogens is 2. The summed E-state index contributed by atoms with van der Waals surface area (Å²) in [5.74, 6) is 0. The van der Waals surface area contributed by atoms with E-state index in [0.717, 1.165) is 28.1 Å². The van der Waals surface area contributed by atoms with Gasteiger partial charge in [0.2, 0.25) is 10.0 Å². The summed E-state index contributed by atoms with van der Waals surface area (Å²) in [6.45, 7) is 0.414. The standard InChI is InChI=1S/C16H13Cl2N3O3S2/c17-14-9-13(15(18)25-14)26(23,24)20-7-5-10(6-8-20)21-12-4-2-1-3-11(12)19-16(21)22/h1-5,9H,6-8H2,(H,19,22). The van der Waals surface area contributed by atoms with Gasteiger partial charge in [0.15, 0.2) is 0 Å². The SMILES string of the molecule is O=c1[nH]c2ccccc2n1C1=CCN(S(=O)(=O)c2cc(Cl)sc2Cl)CC1. The molecule has 0 bridgehead atoms. The van der Waals surface area contributed by atoms with Gasteiger partial charge in [-0.2, -0.15) is 4.31 Å². The van der Waals surface area contributed by atoms with Crippen LogP contribution in [-0.2, 0) is 10.0 Å². The fraction of sp³-hybridized carbons (Fsp3) is 0.188. The van der Waals surface area contributed by atoms with E-state index in [4.69, 9.17) is 23.2 Å². The van der Waals surface area contributed by atoms with Crippen molar-refractivity contribution in [1.82, 2.24) is 13.9 Å². The second kappa shape index (κ2) is 6.54. The third-order valence-corrected chi connectivity index (χ3v) is 7.89. The van der Waals surface area contributed by atoms with E-state index in [2.05, 4.69) is 4.98 Å². The molecule has 10 heteroatoms. The lowest BCUT2D eigenvalue weighted by atomic mass is 10.2. The largest absolute Gasteiger partial charge is 0.330 e. The summed E-state index contributed by atoms with van der Waals surface area (Å²) in [7, 11) is -3.73. The van der Waals surface area contributed by atoms with Crippen molar-refractivity contribution in [1.29, 1.82) is 0 Å². The number of fused-ring (bicyclic) bond motifs is 1. The number of sulfonamides is 1. The Morgan fingerprint density at radius 1 is 1.19 bits per heavy atom. The van der Waals surface area contributed by atoms with Crippen LogP contribution in [0, 0.1) is 0 Å². The Balaban J connectivity index is 1.67. The van der Waals surface area contributed by atoms with Gasteiger partial charge in [-0.3, -0.25) is 4.57 Å². The molecule has 0 aliphatic carbocycles. The zero-order chi connectivity index (χ0) is 18.5. The van der Waals surface area contributed by atoms with Crippen molar-refractivity contribution in [3.05, 3.63) is 55.6 Å². The molecule has 1 N–H and O–H groups in total. The lowest BCUT2D eigenvalue weighted by Gasteiger charge is -2.25. The maximum atomic E-state index is 12.8. The van der Waals surface area contributed by atoms with Crippen LogP contribution in [0.25, 0.3) is 16.7 Å². The van der Waals surface area contributed by atoms with Gasteiger partial charge in [-0.05, 0) is 24.3 Å². The molecular formula is C16H13Cl2N3O3S2. The van der Waals surface area contributed by atoms with Crippen LogP contribution < -0.4 is 5.69 Å². The molecule has 0 saturated heterocycles. The van der Waals surface area contributed by atoms with E-state index < -0.39 is 10.0 Å². The number of nitrogens with zero attached hydrogens (tertiary/aromatic N) is 2. The smallest absolute Gasteiger partial charge is 0.305 e. The van der Waals surface area contributed by atoms with Gasteiger partial charge in [-0.1, -0.05) is 35.3 Å². The van der Waals surface area contributed by atoms with Crippen molar-refractivity contribution in [2.45, 2.75) is 11.3 Å². The molecule has 136 valence electrons. The van der Waals surface area contributed by atoms with Crippen LogP contribution in [0.15, 0.2) is 46.1 Å². The fourth-order valence-corrected chi connectivity index (χ4v) is 6.53. The minimum absolute atomic E-state index is 0.0234. The Labute approximate surface area is 163 Å². The van der Waals surface area contributed by atoms with Crippen LogP contribution >= 0.6 is 34.5 Å². The second-order valence-corrected chi connectivity index (χ2v) is 9.97. The van der Waals surface area contributed by atoms with Crippen molar-refractivity contribution in [2.24, 2.45) is 0 Å². The third-order valence-electron chi connectivity index (χ3n) is 4.27. The molecule has 0 fully saturated rings. The summed E-state index contributed by atoms with van der Waals surface area (Å²) in [5, 5.41) is 0. The van der Waals surface area contributed by atoms with E-state index >= 15 is 0 Å². The maximum absolute atomic E-state index is 12.8. The van der Waals surface area contributed by atoms with Gasteiger partial charge in [0, 0.05) is 25.2 Å². The summed E-state index contributed by atoms with van der Waals surface area (Å²) in [6.07, 6.45) is 2.17. The summed E-state index contributed by atoms with van der Waals surface area (Å²) < 4.78 is 29.0. The van der Waals surface area contributed by atoms with Gasteiger partial charge in [0.1, 0.15) is 9.23 Å².